The molecule has 1 aromatic heterocycles. The summed E-state index contributed by atoms with van der Waals surface area (Å²) in [6, 6.07) is 7.12. The minimum atomic E-state index is -0.805. The minimum Gasteiger partial charge on any atom is -0.339 e. The molecular weight excluding hydrogens is 495 g/mol. The van der Waals surface area contributed by atoms with Crippen molar-refractivity contribution in [1.29, 1.82) is 5.26 Å². The molecule has 2 bridgehead atoms. The van der Waals surface area contributed by atoms with Crippen molar-refractivity contribution in [3.05, 3.63) is 38.9 Å². The number of carbonyl (C=O) groups excluding carboxylic acids is 2. The van der Waals surface area contributed by atoms with E-state index in [1.54, 1.807) is 11.9 Å². The van der Waals surface area contributed by atoms with E-state index in [1.165, 1.54) is 11.3 Å². The van der Waals surface area contributed by atoms with Gasteiger partial charge in [-0.1, -0.05) is 12.1 Å². The number of carbonyl (C=O) groups is 2. The molecule has 166 valence electrons. The second kappa shape index (κ2) is 8.25. The fraction of sp³-hybridized carbons (Fsp3) is 0.435. The van der Waals surface area contributed by atoms with Crippen molar-refractivity contribution >= 4 is 44.8 Å². The Kier molecular flexibility index (Phi) is 5.56. The molecule has 3 aliphatic rings. The third-order valence-electron chi connectivity index (χ3n) is 6.79. The molecule has 6 nitrogen and oxygen atoms in total. The summed E-state index contributed by atoms with van der Waals surface area (Å²) in [7, 11) is 1.73. The van der Waals surface area contributed by atoms with Crippen LogP contribution in [0.25, 0.3) is 10.4 Å². The Morgan fingerprint density at radius 2 is 2.28 bits per heavy atom. The summed E-state index contributed by atoms with van der Waals surface area (Å²) in [4.78, 5) is 27.4. The summed E-state index contributed by atoms with van der Waals surface area (Å²) in [6.45, 7) is 0. The van der Waals surface area contributed by atoms with E-state index < -0.39 is 11.9 Å². The smallest absolute Gasteiger partial charge is 0.238 e. The van der Waals surface area contributed by atoms with E-state index >= 15 is 4.39 Å². The van der Waals surface area contributed by atoms with Crippen molar-refractivity contribution in [3.63, 3.8) is 0 Å². The molecular formula is C23H22BrFN4O2S. The van der Waals surface area contributed by atoms with Gasteiger partial charge in [-0.15, -0.1) is 11.3 Å². The van der Waals surface area contributed by atoms with Crippen LogP contribution in [0.15, 0.2) is 22.7 Å². The van der Waals surface area contributed by atoms with Gasteiger partial charge in [0, 0.05) is 30.1 Å². The SMILES string of the molecule is CN1C(=O)Cc2ccc(-c3sc(CC(C#N)NC(=O)[C@H]4N[C@@H]5CC[C@H]4C5)c(F)c3Br)cc21. The van der Waals surface area contributed by atoms with Gasteiger partial charge in [0.2, 0.25) is 11.8 Å². The Morgan fingerprint density at radius 3 is 2.97 bits per heavy atom. The molecule has 1 saturated heterocycles. The summed E-state index contributed by atoms with van der Waals surface area (Å²) in [6.07, 6.45) is 3.61. The topological polar surface area (TPSA) is 85.2 Å². The third kappa shape index (κ3) is 3.64. The molecule has 0 radical (unpaired) electrons. The molecule has 32 heavy (non-hydrogen) atoms. The van der Waals surface area contributed by atoms with Crippen molar-refractivity contribution in [2.75, 3.05) is 11.9 Å². The third-order valence-corrected chi connectivity index (χ3v) is 9.03. The lowest BCUT2D eigenvalue weighted by molar-refractivity contribution is -0.124. The van der Waals surface area contributed by atoms with Crippen LogP contribution in [0.4, 0.5) is 10.1 Å². The van der Waals surface area contributed by atoms with Crippen LogP contribution in [-0.4, -0.2) is 37.0 Å². The zero-order valence-electron chi connectivity index (χ0n) is 17.5. The van der Waals surface area contributed by atoms with Crippen molar-refractivity contribution in [3.8, 4) is 16.5 Å². The molecule has 1 aliphatic carbocycles. The highest BCUT2D eigenvalue weighted by molar-refractivity contribution is 9.10. The lowest BCUT2D eigenvalue weighted by Gasteiger charge is -2.23. The maximum Gasteiger partial charge on any atom is 0.238 e. The molecule has 0 spiro atoms. The predicted octanol–water partition coefficient (Wildman–Crippen LogP) is 3.53. The van der Waals surface area contributed by atoms with E-state index in [4.69, 9.17) is 0 Å². The average Bonchev–Trinajstić information content (AvgIpc) is 3.54. The number of benzene rings is 1. The Labute approximate surface area is 197 Å². The van der Waals surface area contributed by atoms with Crippen molar-refractivity contribution in [2.24, 2.45) is 5.92 Å². The summed E-state index contributed by atoms with van der Waals surface area (Å²) < 4.78 is 15.4. The van der Waals surface area contributed by atoms with Crippen molar-refractivity contribution in [2.45, 2.75) is 50.2 Å². The lowest BCUT2D eigenvalue weighted by atomic mass is 9.99. The summed E-state index contributed by atoms with van der Waals surface area (Å²) in [5, 5.41) is 15.7. The van der Waals surface area contributed by atoms with Crippen LogP contribution >= 0.6 is 27.3 Å². The number of likely N-dealkylation sites (N-methyl/N-ethyl adjacent to an activating group) is 1. The van der Waals surface area contributed by atoms with Gasteiger partial charge in [0.25, 0.3) is 0 Å². The number of halogens is 2. The molecule has 2 aliphatic heterocycles. The highest BCUT2D eigenvalue weighted by Crippen LogP contribution is 2.42. The van der Waals surface area contributed by atoms with Crippen LogP contribution in [0.2, 0.25) is 0 Å². The quantitative estimate of drug-likeness (QED) is 0.636. The van der Waals surface area contributed by atoms with E-state index in [1.807, 2.05) is 18.2 Å². The second-order valence-electron chi connectivity index (χ2n) is 8.76. The van der Waals surface area contributed by atoms with Gasteiger partial charge in [-0.05, 0) is 58.3 Å². The van der Waals surface area contributed by atoms with E-state index in [9.17, 15) is 14.9 Å². The number of fused-ring (bicyclic) bond motifs is 3. The fourth-order valence-electron chi connectivity index (χ4n) is 5.06. The predicted molar refractivity (Wildman–Crippen MR) is 124 cm³/mol. The zero-order valence-corrected chi connectivity index (χ0v) is 19.9. The van der Waals surface area contributed by atoms with Crippen LogP contribution in [0.5, 0.6) is 0 Å². The van der Waals surface area contributed by atoms with Gasteiger partial charge >= 0.3 is 0 Å². The lowest BCUT2D eigenvalue weighted by Crippen LogP contribution is -2.50. The molecule has 3 heterocycles. The van der Waals surface area contributed by atoms with Gasteiger partial charge < -0.3 is 15.5 Å². The van der Waals surface area contributed by atoms with E-state index in [0.29, 0.717) is 32.6 Å². The normalized spacial score (nSPS) is 24.5. The number of anilines is 1. The monoisotopic (exact) mass is 516 g/mol. The van der Waals surface area contributed by atoms with Gasteiger partial charge in [-0.2, -0.15) is 5.26 Å². The Balaban J connectivity index is 1.34. The first-order valence-electron chi connectivity index (χ1n) is 10.7. The maximum absolute atomic E-state index is 15.0. The molecule has 2 N–H and O–H groups in total. The number of nitriles is 1. The van der Waals surface area contributed by atoms with Gasteiger partial charge in [0.05, 0.1) is 27.9 Å². The van der Waals surface area contributed by atoms with Crippen LogP contribution in [0.3, 0.4) is 0 Å². The largest absolute Gasteiger partial charge is 0.339 e. The average molecular weight is 517 g/mol. The first-order chi connectivity index (χ1) is 15.4. The number of hydrogen-bond acceptors (Lipinski definition) is 5. The van der Waals surface area contributed by atoms with Gasteiger partial charge in [-0.3, -0.25) is 9.59 Å². The molecule has 9 heteroatoms. The number of hydrogen-bond donors (Lipinski definition) is 2. The number of piperidine rings is 1. The first kappa shape index (κ1) is 21.6. The van der Waals surface area contributed by atoms with Crippen LogP contribution in [-0.2, 0) is 22.4 Å². The van der Waals surface area contributed by atoms with Gasteiger partial charge in [0.15, 0.2) is 5.82 Å². The second-order valence-corrected chi connectivity index (χ2v) is 10.7. The van der Waals surface area contributed by atoms with Crippen LogP contribution in [0, 0.1) is 23.1 Å². The Bertz CT molecular complexity index is 1160. The molecule has 2 fully saturated rings. The number of amides is 2. The Hall–Kier alpha value is -2.28. The molecule has 5 rings (SSSR count). The molecule has 1 aromatic carbocycles. The van der Waals surface area contributed by atoms with Crippen LogP contribution < -0.4 is 15.5 Å². The van der Waals surface area contributed by atoms with E-state index in [0.717, 1.165) is 36.1 Å². The van der Waals surface area contributed by atoms with E-state index in [2.05, 4.69) is 32.6 Å². The summed E-state index contributed by atoms with van der Waals surface area (Å²) in [5.74, 6) is -0.232. The molecule has 1 saturated carbocycles. The number of nitrogens with one attached hydrogen (secondary N) is 2. The van der Waals surface area contributed by atoms with Crippen LogP contribution in [0.1, 0.15) is 29.7 Å². The standard InChI is InChI=1S/C23H22BrFN4O2S/c1-29-16-7-13(3-2-11(16)8-18(29)30)22-19(24)20(25)17(32-22)9-15(10-26)28-23(31)21-12-4-5-14(6-12)27-21/h2-3,7,12,14-15,21,27H,4-6,8-9H2,1H3,(H,28,31)/t12-,14+,15?,21-/m0/s1. The number of rotatable bonds is 5. The van der Waals surface area contributed by atoms with Crippen molar-refractivity contribution < 1.29 is 14.0 Å². The molecule has 4 atom stereocenters. The summed E-state index contributed by atoms with van der Waals surface area (Å²) >= 11 is 4.62. The highest BCUT2D eigenvalue weighted by Gasteiger charge is 2.43. The first-order valence-corrected chi connectivity index (χ1v) is 12.3. The van der Waals surface area contributed by atoms with E-state index in [-0.39, 0.29) is 24.3 Å². The zero-order chi connectivity index (χ0) is 22.6. The maximum atomic E-state index is 15.0. The van der Waals surface area contributed by atoms with Gasteiger partial charge in [-0.25, -0.2) is 4.39 Å². The number of thiophene rings is 1. The summed E-state index contributed by atoms with van der Waals surface area (Å²) in [5.41, 5.74) is 2.59. The number of nitrogens with zero attached hydrogens (tertiary/aromatic N) is 2. The molecule has 2 aromatic rings. The fourth-order valence-corrected chi connectivity index (χ4v) is 7.01. The van der Waals surface area contributed by atoms with Crippen molar-refractivity contribution in [1.82, 2.24) is 10.6 Å². The molecule has 2 amide bonds. The Morgan fingerprint density at radius 1 is 1.47 bits per heavy atom. The minimum absolute atomic E-state index is 0.0341. The highest BCUT2D eigenvalue weighted by atomic mass is 79.9. The van der Waals surface area contributed by atoms with Gasteiger partial charge in [0.1, 0.15) is 6.04 Å². The molecule has 1 unspecified atom stereocenters.